The van der Waals surface area contributed by atoms with E-state index < -0.39 is 6.61 Å². The molecular weight excluding hydrogens is 414 g/mol. The monoisotopic (exact) mass is 438 g/mol. The molecule has 0 unspecified atom stereocenters. The number of benzene rings is 3. The molecule has 3 aromatic carbocycles. The van der Waals surface area contributed by atoms with Crippen molar-refractivity contribution in [2.24, 2.45) is 0 Å². The van der Waals surface area contributed by atoms with Crippen LogP contribution in [0.3, 0.4) is 0 Å². The summed E-state index contributed by atoms with van der Waals surface area (Å²) in [7, 11) is 0. The Morgan fingerprint density at radius 3 is 2.41 bits per heavy atom. The van der Waals surface area contributed by atoms with Crippen LogP contribution in [0.25, 0.3) is 0 Å². The summed E-state index contributed by atoms with van der Waals surface area (Å²) in [5.41, 5.74) is 3.34. The van der Waals surface area contributed by atoms with Crippen molar-refractivity contribution in [3.63, 3.8) is 0 Å². The Morgan fingerprint density at radius 1 is 0.969 bits per heavy atom. The predicted molar refractivity (Wildman–Crippen MR) is 119 cm³/mol. The van der Waals surface area contributed by atoms with E-state index in [1.54, 1.807) is 18.2 Å². The molecule has 0 radical (unpaired) electrons. The fourth-order valence-corrected chi connectivity index (χ4v) is 3.26. The second kappa shape index (κ2) is 11.0. The number of amides is 2. The first-order valence-electron chi connectivity index (χ1n) is 10.2. The van der Waals surface area contributed by atoms with Gasteiger partial charge >= 0.3 is 6.61 Å². The van der Waals surface area contributed by atoms with Crippen LogP contribution in [0.5, 0.6) is 5.75 Å². The summed E-state index contributed by atoms with van der Waals surface area (Å²) in [5.74, 6) is -0.481. The fourth-order valence-electron chi connectivity index (χ4n) is 3.26. The van der Waals surface area contributed by atoms with Crippen LogP contribution in [0.2, 0.25) is 0 Å². The van der Waals surface area contributed by atoms with Gasteiger partial charge in [-0.1, -0.05) is 48.5 Å². The third-order valence-corrected chi connectivity index (χ3v) is 4.83. The molecule has 2 amide bonds. The first kappa shape index (κ1) is 22.9. The van der Waals surface area contributed by atoms with Crippen molar-refractivity contribution >= 4 is 17.5 Å². The Bertz CT molecular complexity index is 1070. The summed E-state index contributed by atoms with van der Waals surface area (Å²) in [6.07, 6.45) is 0.444. The number of alkyl halides is 2. The smallest absolute Gasteiger partial charge is 0.387 e. The molecule has 3 aromatic rings. The minimum Gasteiger partial charge on any atom is -0.435 e. The molecule has 7 heteroatoms. The van der Waals surface area contributed by atoms with E-state index in [4.69, 9.17) is 0 Å². The summed E-state index contributed by atoms with van der Waals surface area (Å²) in [5, 5.41) is 5.47. The number of rotatable bonds is 9. The van der Waals surface area contributed by atoms with Gasteiger partial charge in [-0.3, -0.25) is 9.59 Å². The van der Waals surface area contributed by atoms with Gasteiger partial charge in [0, 0.05) is 36.2 Å². The van der Waals surface area contributed by atoms with Crippen molar-refractivity contribution in [2.75, 3.05) is 11.9 Å². The minimum atomic E-state index is -2.94. The van der Waals surface area contributed by atoms with Gasteiger partial charge in [0.15, 0.2) is 0 Å². The van der Waals surface area contributed by atoms with E-state index >= 15 is 0 Å². The Kier molecular flexibility index (Phi) is 7.91. The average molecular weight is 438 g/mol. The van der Waals surface area contributed by atoms with Crippen LogP contribution in [0.1, 0.15) is 33.5 Å². The molecule has 0 spiro atoms. The van der Waals surface area contributed by atoms with Crippen LogP contribution in [0, 0.1) is 6.92 Å². The second-order valence-corrected chi connectivity index (χ2v) is 7.23. The molecule has 166 valence electrons. The van der Waals surface area contributed by atoms with E-state index in [1.165, 1.54) is 12.1 Å². The van der Waals surface area contributed by atoms with Gasteiger partial charge in [-0.25, -0.2) is 0 Å². The van der Waals surface area contributed by atoms with Crippen LogP contribution >= 0.6 is 0 Å². The normalized spacial score (nSPS) is 10.6. The van der Waals surface area contributed by atoms with Gasteiger partial charge in [-0.05, 0) is 42.3 Å². The van der Waals surface area contributed by atoms with E-state index in [0.29, 0.717) is 23.2 Å². The van der Waals surface area contributed by atoms with Gasteiger partial charge in [-0.2, -0.15) is 8.78 Å². The molecule has 3 rings (SSSR count). The number of anilines is 1. The Labute approximate surface area is 185 Å². The maximum absolute atomic E-state index is 12.8. The Balaban J connectivity index is 1.60. The molecule has 0 saturated heterocycles. The summed E-state index contributed by atoms with van der Waals surface area (Å²) in [6, 6.07) is 21.1. The number of hydrogen-bond acceptors (Lipinski definition) is 3. The highest BCUT2D eigenvalue weighted by Gasteiger charge is 2.13. The van der Waals surface area contributed by atoms with E-state index in [2.05, 4.69) is 15.4 Å². The zero-order chi connectivity index (χ0) is 22.9. The van der Waals surface area contributed by atoms with Crippen molar-refractivity contribution in [2.45, 2.75) is 26.4 Å². The number of carbonyl (C=O) groups is 2. The summed E-state index contributed by atoms with van der Waals surface area (Å²) in [6.45, 7) is -0.930. The molecule has 0 saturated carbocycles. The van der Waals surface area contributed by atoms with Gasteiger partial charge in [-0.15, -0.1) is 0 Å². The van der Waals surface area contributed by atoms with Gasteiger partial charge in [0.1, 0.15) is 5.75 Å². The van der Waals surface area contributed by atoms with Crippen LogP contribution in [-0.2, 0) is 11.2 Å². The third-order valence-electron chi connectivity index (χ3n) is 4.83. The molecular formula is C25H24F2N2O3. The average Bonchev–Trinajstić information content (AvgIpc) is 2.76. The molecule has 2 N–H and O–H groups in total. The molecule has 0 aliphatic heterocycles. The topological polar surface area (TPSA) is 67.4 Å². The molecule has 0 heterocycles. The maximum atomic E-state index is 12.8. The summed E-state index contributed by atoms with van der Waals surface area (Å²) < 4.78 is 30.2. The zero-order valence-electron chi connectivity index (χ0n) is 17.6. The van der Waals surface area contributed by atoms with Crippen molar-refractivity contribution in [1.82, 2.24) is 5.32 Å². The first-order valence-corrected chi connectivity index (χ1v) is 10.2. The van der Waals surface area contributed by atoms with E-state index in [9.17, 15) is 18.4 Å². The number of ether oxygens (including phenoxy) is 1. The third kappa shape index (κ3) is 6.63. The molecule has 0 aliphatic carbocycles. The van der Waals surface area contributed by atoms with Crippen molar-refractivity contribution in [3.05, 3.63) is 95.1 Å². The summed E-state index contributed by atoms with van der Waals surface area (Å²) >= 11 is 0. The second-order valence-electron chi connectivity index (χ2n) is 7.23. The molecule has 5 nitrogen and oxygen atoms in total. The lowest BCUT2D eigenvalue weighted by atomic mass is 10.0. The van der Waals surface area contributed by atoms with Crippen LogP contribution in [-0.4, -0.2) is 25.0 Å². The molecule has 0 aromatic heterocycles. The summed E-state index contributed by atoms with van der Waals surface area (Å²) in [4.78, 5) is 24.5. The lowest BCUT2D eigenvalue weighted by Crippen LogP contribution is -2.28. The van der Waals surface area contributed by atoms with Gasteiger partial charge in [0.25, 0.3) is 5.91 Å². The van der Waals surface area contributed by atoms with Crippen molar-refractivity contribution in [1.29, 1.82) is 0 Å². The lowest BCUT2D eigenvalue weighted by Gasteiger charge is -2.14. The van der Waals surface area contributed by atoms with Gasteiger partial charge < -0.3 is 15.4 Å². The van der Waals surface area contributed by atoms with Crippen LogP contribution in [0.15, 0.2) is 72.8 Å². The molecule has 0 aliphatic rings. The Morgan fingerprint density at radius 2 is 1.69 bits per heavy atom. The van der Waals surface area contributed by atoms with E-state index in [1.807, 2.05) is 49.4 Å². The number of aryl methyl sites for hydroxylation is 1. The SMILES string of the molecule is Cc1ccccc1C(=O)NCCC(=O)Nc1ccc(OC(F)F)c(Cc2ccccc2)c1. The molecule has 32 heavy (non-hydrogen) atoms. The highest BCUT2D eigenvalue weighted by Crippen LogP contribution is 2.27. The maximum Gasteiger partial charge on any atom is 0.387 e. The first-order chi connectivity index (χ1) is 15.4. The Hall–Kier alpha value is -3.74. The molecule has 0 atom stereocenters. The minimum absolute atomic E-state index is 0.0624. The number of halogens is 2. The number of nitrogens with one attached hydrogen (secondary N) is 2. The highest BCUT2D eigenvalue weighted by molar-refractivity contribution is 5.96. The van der Waals surface area contributed by atoms with Crippen LogP contribution < -0.4 is 15.4 Å². The fraction of sp³-hybridized carbons (Fsp3) is 0.200. The molecule has 0 fully saturated rings. The van der Waals surface area contributed by atoms with E-state index in [0.717, 1.165) is 11.1 Å². The van der Waals surface area contributed by atoms with Crippen molar-refractivity contribution in [3.8, 4) is 5.75 Å². The number of hydrogen-bond donors (Lipinski definition) is 2. The quantitative estimate of drug-likeness (QED) is 0.497. The van der Waals surface area contributed by atoms with E-state index in [-0.39, 0.29) is 30.5 Å². The predicted octanol–water partition coefficient (Wildman–Crippen LogP) is 4.95. The highest BCUT2D eigenvalue weighted by atomic mass is 19.3. The van der Waals surface area contributed by atoms with Crippen molar-refractivity contribution < 1.29 is 23.1 Å². The van der Waals surface area contributed by atoms with Crippen LogP contribution in [0.4, 0.5) is 14.5 Å². The number of carbonyl (C=O) groups excluding carboxylic acids is 2. The largest absolute Gasteiger partial charge is 0.435 e. The molecule has 0 bridgehead atoms. The van der Waals surface area contributed by atoms with Gasteiger partial charge in [0.2, 0.25) is 5.91 Å². The standard InChI is InChI=1S/C25H24F2N2O3/c1-17-7-5-6-10-21(17)24(31)28-14-13-23(30)29-20-11-12-22(32-25(26)27)19(16-20)15-18-8-3-2-4-9-18/h2-12,16,25H,13-15H2,1H3,(H,28,31)(H,29,30). The van der Waals surface area contributed by atoms with Gasteiger partial charge in [0.05, 0.1) is 0 Å². The zero-order valence-corrected chi connectivity index (χ0v) is 17.6. The lowest BCUT2D eigenvalue weighted by molar-refractivity contribution is -0.116.